The summed E-state index contributed by atoms with van der Waals surface area (Å²) in [7, 11) is 0. The molecule has 2 bridgehead atoms. The van der Waals surface area contributed by atoms with Crippen LogP contribution in [-0.4, -0.2) is 74.4 Å². The molecule has 0 radical (unpaired) electrons. The summed E-state index contributed by atoms with van der Waals surface area (Å²) in [5.74, 6) is -5.11. The summed E-state index contributed by atoms with van der Waals surface area (Å²) in [6.07, 6.45) is -3.75. The van der Waals surface area contributed by atoms with Crippen LogP contribution in [0.15, 0.2) is 11.6 Å². The summed E-state index contributed by atoms with van der Waals surface area (Å²) in [4.78, 5) is 12.4. The van der Waals surface area contributed by atoms with Crippen LogP contribution in [0.2, 0.25) is 0 Å². The molecule has 0 aromatic carbocycles. The summed E-state index contributed by atoms with van der Waals surface area (Å²) in [6.45, 7) is 5.34. The lowest BCUT2D eigenvalue weighted by molar-refractivity contribution is -0.344. The molecule has 1 spiro atoms. The van der Waals surface area contributed by atoms with Gasteiger partial charge in [0.15, 0.2) is 11.9 Å². The minimum Gasteiger partial charge on any atom is -0.460 e. The first-order chi connectivity index (χ1) is 13.0. The molecule has 2 heterocycles. The van der Waals surface area contributed by atoms with Crippen LogP contribution in [0.1, 0.15) is 27.2 Å². The van der Waals surface area contributed by atoms with E-state index in [1.54, 1.807) is 19.9 Å². The molecule has 4 fully saturated rings. The molecule has 2 saturated carbocycles. The monoisotopic (exact) mass is 396 g/mol. The number of carbonyl (C=O) groups excluding carboxylic acids is 1. The zero-order valence-corrected chi connectivity index (χ0v) is 16.1. The lowest BCUT2D eigenvalue weighted by Gasteiger charge is -2.68. The normalized spacial score (nSPS) is 62.5. The van der Waals surface area contributed by atoms with Crippen molar-refractivity contribution in [2.75, 3.05) is 6.61 Å². The minimum absolute atomic E-state index is 0.00310. The topological polar surface area (TPSA) is 137 Å². The van der Waals surface area contributed by atoms with Gasteiger partial charge in [-0.2, -0.15) is 0 Å². The number of esters is 1. The van der Waals surface area contributed by atoms with Gasteiger partial charge in [-0.1, -0.05) is 25.5 Å². The number of allylic oxidation sites excluding steroid dienone is 1. The van der Waals surface area contributed by atoms with Crippen molar-refractivity contribution in [2.45, 2.75) is 63.5 Å². The van der Waals surface area contributed by atoms with E-state index in [1.165, 1.54) is 0 Å². The summed E-state index contributed by atoms with van der Waals surface area (Å²) in [5, 5.41) is 54.8. The molecule has 28 heavy (non-hydrogen) atoms. The van der Waals surface area contributed by atoms with E-state index in [2.05, 4.69) is 0 Å². The van der Waals surface area contributed by atoms with Crippen molar-refractivity contribution >= 4 is 5.97 Å². The summed E-state index contributed by atoms with van der Waals surface area (Å²) >= 11 is 0. The maximum Gasteiger partial charge on any atom is 0.335 e. The van der Waals surface area contributed by atoms with E-state index < -0.39 is 70.9 Å². The van der Waals surface area contributed by atoms with E-state index >= 15 is 0 Å². The highest BCUT2D eigenvalue weighted by molar-refractivity contribution is 5.76. The second-order valence-electron chi connectivity index (χ2n) is 9.79. The van der Waals surface area contributed by atoms with Crippen molar-refractivity contribution in [3.63, 3.8) is 0 Å². The number of hydrogen-bond acceptors (Lipinski definition) is 8. The Kier molecular flexibility index (Phi) is 3.63. The van der Waals surface area contributed by atoms with Gasteiger partial charge in [0.2, 0.25) is 0 Å². The predicted octanol–water partition coefficient (Wildman–Crippen LogP) is -1.07. The molecule has 8 nitrogen and oxygen atoms in total. The van der Waals surface area contributed by atoms with Gasteiger partial charge in [0.1, 0.15) is 12.2 Å². The van der Waals surface area contributed by atoms with Gasteiger partial charge >= 0.3 is 5.97 Å². The Balaban J connectivity index is 1.78. The third-order valence-corrected chi connectivity index (χ3v) is 8.82. The highest BCUT2D eigenvalue weighted by Crippen LogP contribution is 2.73. The van der Waals surface area contributed by atoms with E-state index in [0.29, 0.717) is 6.42 Å². The average Bonchev–Trinajstić information content (AvgIpc) is 2.92. The second-order valence-corrected chi connectivity index (χ2v) is 9.79. The van der Waals surface area contributed by atoms with Crippen LogP contribution in [-0.2, 0) is 14.3 Å². The van der Waals surface area contributed by atoms with Gasteiger partial charge in [-0.3, -0.25) is 0 Å². The molecular formula is C20H28O8. The van der Waals surface area contributed by atoms with Gasteiger partial charge in [0.25, 0.3) is 0 Å². The van der Waals surface area contributed by atoms with Gasteiger partial charge in [0, 0.05) is 22.7 Å². The lowest BCUT2D eigenvalue weighted by atomic mass is 9.38. The molecular weight excluding hydrogens is 368 g/mol. The van der Waals surface area contributed by atoms with E-state index in [-0.39, 0.29) is 12.5 Å². The number of fused-ring (bicyclic) bond motifs is 1. The summed E-state index contributed by atoms with van der Waals surface area (Å²) in [5.41, 5.74) is -1.15. The van der Waals surface area contributed by atoms with Crippen LogP contribution in [0.4, 0.5) is 0 Å². The fraction of sp³-hybridized carbons (Fsp3) is 0.850. The first-order valence-corrected chi connectivity index (χ1v) is 9.98. The molecule has 0 aromatic rings. The number of aliphatic hydroxyl groups is 5. The Morgan fingerprint density at radius 3 is 2.54 bits per heavy atom. The summed E-state index contributed by atoms with van der Waals surface area (Å²) < 4.78 is 11.5. The van der Waals surface area contributed by atoms with Crippen LogP contribution in [0, 0.1) is 34.5 Å². The van der Waals surface area contributed by atoms with Crippen LogP contribution in [0.3, 0.4) is 0 Å². The van der Waals surface area contributed by atoms with Crippen molar-refractivity contribution in [2.24, 2.45) is 34.5 Å². The quantitative estimate of drug-likeness (QED) is 0.258. The van der Waals surface area contributed by atoms with Crippen LogP contribution >= 0.6 is 0 Å². The Hall–Kier alpha value is -1.03. The van der Waals surface area contributed by atoms with Crippen molar-refractivity contribution < 1.29 is 39.8 Å². The van der Waals surface area contributed by atoms with Crippen molar-refractivity contribution in [1.82, 2.24) is 0 Å². The zero-order chi connectivity index (χ0) is 20.4. The van der Waals surface area contributed by atoms with Crippen LogP contribution < -0.4 is 0 Å². The largest absolute Gasteiger partial charge is 0.460 e. The number of ether oxygens (including phenoxy) is 2. The molecule has 2 saturated heterocycles. The average molecular weight is 396 g/mol. The molecule has 156 valence electrons. The molecule has 12 atom stereocenters. The lowest BCUT2D eigenvalue weighted by Crippen LogP contribution is -2.77. The van der Waals surface area contributed by atoms with Gasteiger partial charge < -0.3 is 35.0 Å². The molecule has 8 heteroatoms. The highest BCUT2D eigenvalue weighted by Gasteiger charge is 2.83. The number of aliphatic hydroxyl groups excluding tert-OH is 4. The Morgan fingerprint density at radius 1 is 1.18 bits per heavy atom. The highest BCUT2D eigenvalue weighted by atomic mass is 16.7. The fourth-order valence-electron chi connectivity index (χ4n) is 7.80. The number of rotatable bonds is 0. The Labute approximate surface area is 162 Å². The van der Waals surface area contributed by atoms with Gasteiger partial charge in [-0.25, -0.2) is 4.79 Å². The molecule has 5 aliphatic rings. The van der Waals surface area contributed by atoms with E-state index in [4.69, 9.17) is 9.47 Å². The van der Waals surface area contributed by atoms with E-state index in [0.717, 1.165) is 5.57 Å². The number of hydrogen-bond donors (Lipinski definition) is 5. The SMILES string of the molecule is CC1=C[C@H](O)[C@@H](O)[C@]2(C)[C@H]3[C@]4(O)OC[C@]35[C@H]([C@@H](C)[C@H]4O)[C@@H](O)C(=O)O[C@@H]5C[C@@H]12. The van der Waals surface area contributed by atoms with Crippen molar-refractivity contribution in [3.8, 4) is 0 Å². The van der Waals surface area contributed by atoms with E-state index in [9.17, 15) is 30.3 Å². The molecule has 2 aliphatic heterocycles. The third-order valence-electron chi connectivity index (χ3n) is 8.82. The number of carbonyl (C=O) groups is 1. The second kappa shape index (κ2) is 5.36. The molecule has 0 unspecified atom stereocenters. The minimum atomic E-state index is -1.97. The predicted molar refractivity (Wildman–Crippen MR) is 93.4 cm³/mol. The summed E-state index contributed by atoms with van der Waals surface area (Å²) in [6, 6.07) is 0. The molecule has 5 N–H and O–H groups in total. The Bertz CT molecular complexity index is 767. The van der Waals surface area contributed by atoms with Crippen molar-refractivity contribution in [1.29, 1.82) is 0 Å². The van der Waals surface area contributed by atoms with Gasteiger partial charge in [-0.05, 0) is 25.2 Å². The van der Waals surface area contributed by atoms with Crippen LogP contribution in [0.5, 0.6) is 0 Å². The molecule has 0 amide bonds. The first kappa shape index (κ1) is 19.0. The standard InChI is InChI=1S/C20H28O8/c1-7-4-10(21)15(24)18(3)9(7)5-11-19-6-27-20(26,17(18)19)14(23)8(2)12(19)13(22)16(25)28-11/h4,8-15,17,21-24,26H,5-6H2,1-3H3/t8-,9+,10+,11-,12-,13-,14-,15-,17-,18-,19+,20-/m1/s1. The zero-order valence-electron chi connectivity index (χ0n) is 16.1. The molecule has 5 rings (SSSR count). The fourth-order valence-corrected chi connectivity index (χ4v) is 7.80. The smallest absolute Gasteiger partial charge is 0.335 e. The third kappa shape index (κ3) is 1.77. The molecule has 3 aliphatic carbocycles. The van der Waals surface area contributed by atoms with Crippen LogP contribution in [0.25, 0.3) is 0 Å². The maximum atomic E-state index is 12.4. The van der Waals surface area contributed by atoms with Crippen molar-refractivity contribution in [3.05, 3.63) is 11.6 Å². The first-order valence-electron chi connectivity index (χ1n) is 9.98. The Morgan fingerprint density at radius 2 is 1.86 bits per heavy atom. The van der Waals surface area contributed by atoms with Gasteiger partial charge in [-0.15, -0.1) is 0 Å². The molecule has 0 aromatic heterocycles. The maximum absolute atomic E-state index is 12.4. The van der Waals surface area contributed by atoms with E-state index in [1.807, 2.05) is 6.92 Å². The van der Waals surface area contributed by atoms with Gasteiger partial charge in [0.05, 0.1) is 18.8 Å².